The van der Waals surface area contributed by atoms with Crippen LogP contribution in [0.25, 0.3) is 16.6 Å². The molecule has 0 radical (unpaired) electrons. The lowest BCUT2D eigenvalue weighted by atomic mass is 9.73. The summed E-state index contributed by atoms with van der Waals surface area (Å²) in [4.78, 5) is 21.8. The Kier molecular flexibility index (Phi) is 3.80. The van der Waals surface area contributed by atoms with E-state index in [1.807, 2.05) is 6.92 Å². The van der Waals surface area contributed by atoms with Crippen LogP contribution in [-0.2, 0) is 0 Å². The maximum atomic E-state index is 13.8. The summed E-state index contributed by atoms with van der Waals surface area (Å²) in [5.74, 6) is 0.204. The fourth-order valence-corrected chi connectivity index (χ4v) is 4.23. The molecule has 0 atom stereocenters. The molecule has 0 spiro atoms. The van der Waals surface area contributed by atoms with E-state index in [1.165, 1.54) is 18.9 Å². The van der Waals surface area contributed by atoms with Crippen molar-refractivity contribution in [3.63, 3.8) is 0 Å². The van der Waals surface area contributed by atoms with Crippen molar-refractivity contribution >= 4 is 22.5 Å². The molecule has 2 aromatic rings. The zero-order valence-corrected chi connectivity index (χ0v) is 15.1. The molecule has 26 heavy (non-hydrogen) atoms. The maximum Gasteiger partial charge on any atom is 0.251 e. The zero-order valence-electron chi connectivity index (χ0n) is 15.1. The Hall–Kier alpha value is -2.41. The summed E-state index contributed by atoms with van der Waals surface area (Å²) in [6, 6.07) is 2.45. The van der Waals surface area contributed by atoms with Crippen LogP contribution in [0.2, 0.25) is 0 Å². The first-order valence-corrected chi connectivity index (χ1v) is 8.95. The quantitative estimate of drug-likeness (QED) is 0.764. The molecule has 5 N–H and O–H groups in total. The number of amides is 1. The molecular weight excluding hydrogens is 333 g/mol. The lowest BCUT2D eigenvalue weighted by Crippen LogP contribution is -2.56. The van der Waals surface area contributed by atoms with Crippen molar-refractivity contribution in [2.24, 2.45) is 22.8 Å². The summed E-state index contributed by atoms with van der Waals surface area (Å²) in [5, 5.41) is 0. The average Bonchev–Trinajstić information content (AvgIpc) is 3.22. The number of hydrogen-bond donors (Lipinski definition) is 3. The highest BCUT2D eigenvalue weighted by atomic mass is 19.1. The zero-order chi connectivity index (χ0) is 18.6. The highest BCUT2D eigenvalue weighted by Crippen LogP contribution is 2.45. The molecule has 1 aromatic carbocycles. The van der Waals surface area contributed by atoms with E-state index in [1.54, 1.807) is 0 Å². The molecule has 2 fully saturated rings. The molecule has 0 unspecified atom stereocenters. The Balaban J connectivity index is 1.71. The maximum absolute atomic E-state index is 13.8. The van der Waals surface area contributed by atoms with E-state index in [9.17, 15) is 9.18 Å². The van der Waals surface area contributed by atoms with E-state index in [-0.39, 0.29) is 11.0 Å². The summed E-state index contributed by atoms with van der Waals surface area (Å²) >= 11 is 0. The number of fused-ring (bicyclic) bond motifs is 1. The molecular formula is C19H24FN5O. The number of imidazole rings is 1. The number of nitrogens with zero attached hydrogens (tertiary/aromatic N) is 2. The van der Waals surface area contributed by atoms with Gasteiger partial charge in [0.25, 0.3) is 5.91 Å². The number of carbonyl (C=O) groups excluding carboxylic acids is 1. The minimum atomic E-state index is -0.701. The highest BCUT2D eigenvalue weighted by molar-refractivity contribution is 6.04. The van der Waals surface area contributed by atoms with Crippen molar-refractivity contribution < 1.29 is 9.18 Å². The highest BCUT2D eigenvalue weighted by Gasteiger charge is 2.45. The SMILES string of the molecule is CC(N)=C(c1nc2c(C(N)=O)cc(F)cc2[nH]1)C1(C)CN(CC2CC2)C1. The molecule has 1 saturated carbocycles. The number of nitrogens with one attached hydrogen (secondary N) is 1. The molecule has 6 nitrogen and oxygen atoms in total. The normalized spacial score (nSPS) is 20.7. The second-order valence-corrected chi connectivity index (χ2v) is 8.03. The van der Waals surface area contributed by atoms with Gasteiger partial charge in [-0.25, -0.2) is 9.37 Å². The van der Waals surface area contributed by atoms with E-state index in [0.717, 1.165) is 37.2 Å². The molecule has 1 aromatic heterocycles. The monoisotopic (exact) mass is 357 g/mol. The van der Waals surface area contributed by atoms with Gasteiger partial charge in [0.05, 0.1) is 11.1 Å². The third kappa shape index (κ3) is 2.86. The molecule has 1 aliphatic carbocycles. The van der Waals surface area contributed by atoms with Gasteiger partial charge in [-0.3, -0.25) is 4.79 Å². The molecule has 2 aliphatic rings. The van der Waals surface area contributed by atoms with E-state index in [0.29, 0.717) is 22.6 Å². The molecule has 2 heterocycles. The van der Waals surface area contributed by atoms with E-state index in [4.69, 9.17) is 11.5 Å². The van der Waals surface area contributed by atoms with Gasteiger partial charge in [0, 0.05) is 36.3 Å². The second-order valence-electron chi connectivity index (χ2n) is 8.03. The number of likely N-dealkylation sites (tertiary alicyclic amines) is 1. The number of hydrogen-bond acceptors (Lipinski definition) is 4. The Morgan fingerprint density at radius 3 is 2.65 bits per heavy atom. The van der Waals surface area contributed by atoms with Crippen LogP contribution in [0.4, 0.5) is 4.39 Å². The summed E-state index contributed by atoms with van der Waals surface area (Å²) < 4.78 is 13.8. The number of aromatic amines is 1. The van der Waals surface area contributed by atoms with Gasteiger partial charge in [-0.2, -0.15) is 0 Å². The fourth-order valence-electron chi connectivity index (χ4n) is 4.23. The lowest BCUT2D eigenvalue weighted by molar-refractivity contribution is 0.0571. The number of carbonyl (C=O) groups is 1. The Labute approximate surface area is 151 Å². The number of nitrogens with two attached hydrogens (primary N) is 2. The van der Waals surface area contributed by atoms with E-state index in [2.05, 4.69) is 21.8 Å². The van der Waals surface area contributed by atoms with Crippen LogP contribution >= 0.6 is 0 Å². The van der Waals surface area contributed by atoms with Gasteiger partial charge >= 0.3 is 0 Å². The molecule has 0 bridgehead atoms. The van der Waals surface area contributed by atoms with Crippen molar-refractivity contribution in [3.05, 3.63) is 35.0 Å². The van der Waals surface area contributed by atoms with Crippen LogP contribution in [0.1, 0.15) is 42.9 Å². The summed E-state index contributed by atoms with van der Waals surface area (Å²) in [7, 11) is 0. The van der Waals surface area contributed by atoms with Crippen LogP contribution in [0.15, 0.2) is 17.8 Å². The van der Waals surface area contributed by atoms with Crippen LogP contribution in [0.5, 0.6) is 0 Å². The third-order valence-electron chi connectivity index (χ3n) is 5.41. The molecule has 1 saturated heterocycles. The number of allylic oxidation sites excluding steroid dienone is 1. The predicted octanol–water partition coefficient (Wildman–Crippen LogP) is 2.22. The van der Waals surface area contributed by atoms with Crippen molar-refractivity contribution in [1.82, 2.24) is 14.9 Å². The number of H-pyrrole nitrogens is 1. The third-order valence-corrected chi connectivity index (χ3v) is 5.41. The molecule has 138 valence electrons. The number of benzene rings is 1. The first-order valence-electron chi connectivity index (χ1n) is 8.95. The van der Waals surface area contributed by atoms with Crippen molar-refractivity contribution in [3.8, 4) is 0 Å². The van der Waals surface area contributed by atoms with Gasteiger partial charge < -0.3 is 21.4 Å². The topological polar surface area (TPSA) is 101 Å². The summed E-state index contributed by atoms with van der Waals surface area (Å²) in [6.45, 7) is 7.00. The van der Waals surface area contributed by atoms with E-state index >= 15 is 0 Å². The van der Waals surface area contributed by atoms with Crippen LogP contribution < -0.4 is 11.5 Å². The summed E-state index contributed by atoms with van der Waals surface area (Å²) in [5.41, 5.74) is 14.0. The number of primary amides is 1. The largest absolute Gasteiger partial charge is 0.402 e. The van der Waals surface area contributed by atoms with Gasteiger partial charge in [-0.1, -0.05) is 6.92 Å². The summed E-state index contributed by atoms with van der Waals surface area (Å²) in [6.07, 6.45) is 2.66. The molecule has 4 rings (SSSR count). The van der Waals surface area contributed by atoms with Gasteiger partial charge in [0.1, 0.15) is 17.2 Å². The van der Waals surface area contributed by atoms with E-state index < -0.39 is 11.7 Å². The molecule has 1 amide bonds. The molecule has 7 heteroatoms. The number of halogens is 1. The van der Waals surface area contributed by atoms with Gasteiger partial charge in [0.15, 0.2) is 0 Å². The van der Waals surface area contributed by atoms with Gasteiger partial charge in [0.2, 0.25) is 0 Å². The van der Waals surface area contributed by atoms with Crippen LogP contribution in [-0.4, -0.2) is 40.4 Å². The van der Waals surface area contributed by atoms with Crippen LogP contribution in [0, 0.1) is 17.2 Å². The van der Waals surface area contributed by atoms with Crippen LogP contribution in [0.3, 0.4) is 0 Å². The first-order chi connectivity index (χ1) is 12.3. The standard InChI is InChI=1S/C19H24FN5O/c1-10(21)15(19(2)8-25(9-19)7-11-3-4-11)18-23-14-6-12(20)5-13(17(22)26)16(14)24-18/h5-6,11H,3-4,7-9,21H2,1-2H3,(H2,22,26)(H,23,24). The predicted molar refractivity (Wildman–Crippen MR) is 98.6 cm³/mol. The minimum absolute atomic E-state index is 0.0747. The Bertz CT molecular complexity index is 917. The van der Waals surface area contributed by atoms with Gasteiger partial charge in [-0.15, -0.1) is 0 Å². The van der Waals surface area contributed by atoms with Crippen molar-refractivity contribution in [1.29, 1.82) is 0 Å². The van der Waals surface area contributed by atoms with Crippen molar-refractivity contribution in [2.45, 2.75) is 26.7 Å². The molecule has 1 aliphatic heterocycles. The van der Waals surface area contributed by atoms with Gasteiger partial charge in [-0.05, 0) is 37.8 Å². The number of rotatable bonds is 5. The first kappa shape index (κ1) is 17.0. The second kappa shape index (κ2) is 5.81. The lowest BCUT2D eigenvalue weighted by Gasteiger charge is -2.49. The average molecular weight is 357 g/mol. The smallest absolute Gasteiger partial charge is 0.251 e. The fraction of sp³-hybridized carbons (Fsp3) is 0.474. The van der Waals surface area contributed by atoms with Crippen molar-refractivity contribution in [2.75, 3.05) is 19.6 Å². The minimum Gasteiger partial charge on any atom is -0.402 e. The Morgan fingerprint density at radius 2 is 2.08 bits per heavy atom. The number of aromatic nitrogens is 2. The Morgan fingerprint density at radius 1 is 1.38 bits per heavy atom.